The molecule has 3 N–H and O–H groups in total. The van der Waals surface area contributed by atoms with E-state index in [0.29, 0.717) is 32.9 Å². The predicted octanol–water partition coefficient (Wildman–Crippen LogP) is 4.87. The molecule has 0 spiro atoms. The minimum absolute atomic E-state index is 0.141. The summed E-state index contributed by atoms with van der Waals surface area (Å²) in [5.74, 6) is 0. The first kappa shape index (κ1) is 21.7. The second-order valence-corrected chi connectivity index (χ2v) is 8.45. The van der Waals surface area contributed by atoms with Gasteiger partial charge in [-0.15, -0.1) is 11.3 Å². The Morgan fingerprint density at radius 3 is 2.74 bits per heavy atom. The van der Waals surface area contributed by atoms with Crippen LogP contribution < -0.4 is 10.6 Å². The van der Waals surface area contributed by atoms with E-state index in [-0.39, 0.29) is 12.1 Å². The van der Waals surface area contributed by atoms with Crippen molar-refractivity contribution in [1.29, 1.82) is 0 Å². The SMILES string of the molecule is OC(/C=C/c1sc2c(N[C@@H]3CNC[C@@H]3F)cccc2c1CC(F)(F)F)c1ccccn1. The van der Waals surface area contributed by atoms with E-state index in [1.54, 1.807) is 36.4 Å². The number of alkyl halides is 4. The van der Waals surface area contributed by atoms with E-state index in [9.17, 15) is 22.7 Å². The fraction of sp³-hybridized carbons (Fsp3) is 0.318. The van der Waals surface area contributed by atoms with Gasteiger partial charge in [-0.3, -0.25) is 4.98 Å². The van der Waals surface area contributed by atoms with Crippen molar-refractivity contribution in [3.63, 3.8) is 0 Å². The number of rotatable bonds is 6. The predicted molar refractivity (Wildman–Crippen MR) is 115 cm³/mol. The Labute approximate surface area is 180 Å². The summed E-state index contributed by atoms with van der Waals surface area (Å²) < 4.78 is 54.6. The van der Waals surface area contributed by atoms with Gasteiger partial charge in [0.1, 0.15) is 12.3 Å². The lowest BCUT2D eigenvalue weighted by Crippen LogP contribution is -2.29. The van der Waals surface area contributed by atoms with Crippen LogP contribution in [0.3, 0.4) is 0 Å². The van der Waals surface area contributed by atoms with E-state index in [1.165, 1.54) is 29.7 Å². The summed E-state index contributed by atoms with van der Waals surface area (Å²) in [6.07, 6.45) is -3.12. The maximum absolute atomic E-state index is 14.0. The van der Waals surface area contributed by atoms with Crippen molar-refractivity contribution in [2.24, 2.45) is 0 Å². The van der Waals surface area contributed by atoms with E-state index in [1.807, 2.05) is 0 Å². The van der Waals surface area contributed by atoms with Crippen LogP contribution in [0.4, 0.5) is 23.2 Å². The van der Waals surface area contributed by atoms with E-state index in [4.69, 9.17) is 0 Å². The maximum Gasteiger partial charge on any atom is 0.393 e. The molecule has 0 aliphatic carbocycles. The minimum atomic E-state index is -4.39. The van der Waals surface area contributed by atoms with Gasteiger partial charge < -0.3 is 15.7 Å². The second-order valence-electron chi connectivity index (χ2n) is 7.40. The van der Waals surface area contributed by atoms with Gasteiger partial charge in [0.15, 0.2) is 0 Å². The van der Waals surface area contributed by atoms with E-state index < -0.39 is 30.9 Å². The third kappa shape index (κ3) is 5.06. The zero-order chi connectivity index (χ0) is 22.0. The molecule has 1 saturated heterocycles. The molecule has 4 nitrogen and oxygen atoms in total. The smallest absolute Gasteiger partial charge is 0.383 e. The van der Waals surface area contributed by atoms with Crippen LogP contribution in [0.5, 0.6) is 0 Å². The molecule has 0 radical (unpaired) electrons. The Morgan fingerprint density at radius 1 is 1.23 bits per heavy atom. The number of nitrogens with one attached hydrogen (secondary N) is 2. The van der Waals surface area contributed by atoms with Crippen LogP contribution >= 0.6 is 11.3 Å². The van der Waals surface area contributed by atoms with Gasteiger partial charge in [0, 0.05) is 24.2 Å². The number of thiophene rings is 1. The Bertz CT molecular complexity index is 1070. The molecule has 2 aromatic heterocycles. The number of aromatic nitrogens is 1. The van der Waals surface area contributed by atoms with Crippen LogP contribution in [-0.4, -0.2) is 41.6 Å². The summed E-state index contributed by atoms with van der Waals surface area (Å²) in [7, 11) is 0. The quantitative estimate of drug-likeness (QED) is 0.468. The van der Waals surface area contributed by atoms with E-state index >= 15 is 0 Å². The Balaban J connectivity index is 1.71. The highest BCUT2D eigenvalue weighted by atomic mass is 32.1. The van der Waals surface area contributed by atoms with Crippen LogP contribution in [0.25, 0.3) is 16.2 Å². The highest BCUT2D eigenvalue weighted by Crippen LogP contribution is 2.40. The van der Waals surface area contributed by atoms with Crippen molar-refractivity contribution in [1.82, 2.24) is 10.3 Å². The molecule has 4 rings (SSSR count). The third-order valence-corrected chi connectivity index (χ3v) is 6.37. The number of halogens is 4. The summed E-state index contributed by atoms with van der Waals surface area (Å²) in [5.41, 5.74) is 1.15. The zero-order valence-electron chi connectivity index (χ0n) is 16.4. The number of pyridine rings is 1. The maximum atomic E-state index is 14.0. The van der Waals surface area contributed by atoms with Crippen LogP contribution in [0.2, 0.25) is 0 Å². The molecule has 3 atom stereocenters. The normalized spacial score (nSPS) is 20.5. The van der Waals surface area contributed by atoms with E-state index in [0.717, 1.165) is 0 Å². The van der Waals surface area contributed by atoms with Crippen LogP contribution in [0.15, 0.2) is 48.7 Å². The number of benzene rings is 1. The number of hydrogen-bond acceptors (Lipinski definition) is 5. The lowest BCUT2D eigenvalue weighted by Gasteiger charge is -2.16. The van der Waals surface area contributed by atoms with Gasteiger partial charge in [-0.2, -0.15) is 13.2 Å². The van der Waals surface area contributed by atoms with Gasteiger partial charge in [-0.1, -0.05) is 18.2 Å². The van der Waals surface area contributed by atoms with Crippen molar-refractivity contribution in [2.45, 2.75) is 30.9 Å². The summed E-state index contributed by atoms with van der Waals surface area (Å²) in [6.45, 7) is 0.693. The molecule has 9 heteroatoms. The molecule has 3 heterocycles. The topological polar surface area (TPSA) is 57.2 Å². The lowest BCUT2D eigenvalue weighted by atomic mass is 10.1. The molecule has 1 unspecified atom stereocenters. The molecule has 1 aromatic carbocycles. The first-order chi connectivity index (χ1) is 14.8. The first-order valence-electron chi connectivity index (χ1n) is 9.81. The molecule has 1 fully saturated rings. The second kappa shape index (κ2) is 8.94. The number of hydrogen-bond donors (Lipinski definition) is 3. The van der Waals surface area contributed by atoms with E-state index in [2.05, 4.69) is 15.6 Å². The molecule has 0 bridgehead atoms. The number of aliphatic hydroxyl groups is 1. The number of aliphatic hydroxyl groups excluding tert-OH is 1. The largest absolute Gasteiger partial charge is 0.393 e. The number of anilines is 1. The summed E-state index contributed by atoms with van der Waals surface area (Å²) >= 11 is 1.19. The standard InChI is InChI=1S/C22H21F4N3OS/c23-15-11-27-12-18(15)29-17-6-3-4-13-14(10-22(24,25)26)20(31-21(13)17)8-7-19(30)16-5-1-2-9-28-16/h1-9,15,18-19,27,29-30H,10-12H2/b8-7+/t15-,18+,19?/m0/s1. The van der Waals surface area contributed by atoms with Gasteiger partial charge in [-0.25, -0.2) is 4.39 Å². The molecule has 1 aliphatic rings. The van der Waals surface area contributed by atoms with Gasteiger partial charge in [-0.05, 0) is 41.3 Å². The molecule has 164 valence electrons. The first-order valence-corrected chi connectivity index (χ1v) is 10.6. The number of fused-ring (bicyclic) bond motifs is 1. The Hall–Kier alpha value is -2.49. The average molecular weight is 451 g/mol. The molecule has 31 heavy (non-hydrogen) atoms. The van der Waals surface area contributed by atoms with Crippen molar-refractivity contribution in [3.8, 4) is 0 Å². The third-order valence-electron chi connectivity index (χ3n) is 5.13. The number of nitrogens with zero attached hydrogens (tertiary/aromatic N) is 1. The van der Waals surface area contributed by atoms with Gasteiger partial charge >= 0.3 is 6.18 Å². The van der Waals surface area contributed by atoms with Crippen LogP contribution in [0, 0.1) is 0 Å². The Morgan fingerprint density at radius 2 is 2.06 bits per heavy atom. The monoisotopic (exact) mass is 451 g/mol. The molecular formula is C22H21F4N3OS. The van der Waals surface area contributed by atoms with Gasteiger partial charge in [0.05, 0.1) is 28.5 Å². The van der Waals surface area contributed by atoms with Crippen molar-refractivity contribution < 1.29 is 22.7 Å². The highest BCUT2D eigenvalue weighted by molar-refractivity contribution is 7.20. The molecular weight excluding hydrogens is 430 g/mol. The highest BCUT2D eigenvalue weighted by Gasteiger charge is 2.32. The van der Waals surface area contributed by atoms with Crippen molar-refractivity contribution in [2.75, 3.05) is 18.4 Å². The summed E-state index contributed by atoms with van der Waals surface area (Å²) in [6, 6.07) is 9.70. The van der Waals surface area contributed by atoms with Crippen molar-refractivity contribution in [3.05, 3.63) is 64.8 Å². The average Bonchev–Trinajstić information content (AvgIpc) is 3.30. The lowest BCUT2D eigenvalue weighted by molar-refractivity contribution is -0.126. The minimum Gasteiger partial charge on any atom is -0.383 e. The zero-order valence-corrected chi connectivity index (χ0v) is 17.2. The molecule has 0 amide bonds. The van der Waals surface area contributed by atoms with Crippen LogP contribution in [-0.2, 0) is 6.42 Å². The van der Waals surface area contributed by atoms with Crippen LogP contribution in [0.1, 0.15) is 22.2 Å². The summed E-state index contributed by atoms with van der Waals surface area (Å²) in [5, 5.41) is 16.9. The molecule has 3 aromatic rings. The molecule has 0 saturated carbocycles. The van der Waals surface area contributed by atoms with Gasteiger partial charge in [0.2, 0.25) is 0 Å². The molecule has 1 aliphatic heterocycles. The Kier molecular flexibility index (Phi) is 6.27. The van der Waals surface area contributed by atoms with Gasteiger partial charge in [0.25, 0.3) is 0 Å². The fourth-order valence-electron chi connectivity index (χ4n) is 3.64. The summed E-state index contributed by atoms with van der Waals surface area (Å²) in [4.78, 5) is 4.47. The van der Waals surface area contributed by atoms with Crippen molar-refractivity contribution >= 4 is 33.2 Å². The fourth-order valence-corrected chi connectivity index (χ4v) is 4.85.